The van der Waals surface area contributed by atoms with Crippen LogP contribution in [0, 0.1) is 20.8 Å². The molecule has 7 nitrogen and oxygen atoms in total. The number of benzene rings is 1. The maximum absolute atomic E-state index is 12.9. The summed E-state index contributed by atoms with van der Waals surface area (Å²) in [6, 6.07) is 2.03. The van der Waals surface area contributed by atoms with Crippen molar-refractivity contribution in [2.24, 2.45) is 0 Å². The first-order valence-corrected chi connectivity index (χ1v) is 12.4. The fourth-order valence-corrected chi connectivity index (χ4v) is 5.45. The predicted molar refractivity (Wildman–Crippen MR) is 134 cm³/mol. The minimum absolute atomic E-state index is 0.251. The maximum atomic E-state index is 12.9. The van der Waals surface area contributed by atoms with E-state index in [0.29, 0.717) is 24.8 Å². The number of hydrogen-bond acceptors (Lipinski definition) is 7. The first kappa shape index (κ1) is 24.0. The van der Waals surface area contributed by atoms with Gasteiger partial charge in [-0.1, -0.05) is 0 Å². The lowest BCUT2D eigenvalue weighted by atomic mass is 9.98. The molecular formula is C26H30N2O5S. The summed E-state index contributed by atoms with van der Waals surface area (Å²) in [5.41, 5.74) is 5.17. The van der Waals surface area contributed by atoms with Gasteiger partial charge in [-0.15, -0.1) is 11.3 Å². The summed E-state index contributed by atoms with van der Waals surface area (Å²) in [4.78, 5) is 30.6. The Balaban J connectivity index is 1.60. The zero-order valence-corrected chi connectivity index (χ0v) is 21.3. The van der Waals surface area contributed by atoms with Gasteiger partial charge in [-0.2, -0.15) is 0 Å². The molecule has 2 heterocycles. The monoisotopic (exact) mass is 482 g/mol. The van der Waals surface area contributed by atoms with Crippen LogP contribution in [0.15, 0.2) is 16.6 Å². The highest BCUT2D eigenvalue weighted by Crippen LogP contribution is 2.40. The third-order valence-corrected chi connectivity index (χ3v) is 7.27. The number of fused-ring (bicyclic) bond motifs is 2. The van der Waals surface area contributed by atoms with Crippen LogP contribution in [0.5, 0.6) is 5.75 Å². The number of carbonyl (C=O) groups excluding carboxylic acids is 2. The molecule has 4 rings (SSSR count). The second-order valence-corrected chi connectivity index (χ2v) is 9.54. The van der Waals surface area contributed by atoms with E-state index in [0.717, 1.165) is 61.7 Å². The van der Waals surface area contributed by atoms with Crippen molar-refractivity contribution in [3.8, 4) is 5.75 Å². The van der Waals surface area contributed by atoms with Crippen LogP contribution in [0.25, 0.3) is 16.5 Å². The van der Waals surface area contributed by atoms with Crippen LogP contribution in [0.1, 0.15) is 66.1 Å². The number of carbonyl (C=O) groups is 2. The zero-order valence-electron chi connectivity index (χ0n) is 20.5. The van der Waals surface area contributed by atoms with Crippen molar-refractivity contribution in [3.05, 3.63) is 45.2 Å². The fraction of sp³-hybridized carbons (Fsp3) is 0.423. The van der Waals surface area contributed by atoms with Gasteiger partial charge >= 0.3 is 5.97 Å². The number of rotatable bonds is 7. The third-order valence-electron chi connectivity index (χ3n) is 6.23. The van der Waals surface area contributed by atoms with Crippen molar-refractivity contribution in [1.82, 2.24) is 4.98 Å². The molecule has 0 saturated heterocycles. The predicted octanol–water partition coefficient (Wildman–Crippen LogP) is 5.85. The number of nitrogens with one attached hydrogen (secondary N) is 1. The van der Waals surface area contributed by atoms with Gasteiger partial charge < -0.3 is 13.9 Å². The highest BCUT2D eigenvalue weighted by atomic mass is 32.1. The molecule has 2 aromatic heterocycles. The average Bonchev–Trinajstić information content (AvgIpc) is 3.43. The van der Waals surface area contributed by atoms with Crippen molar-refractivity contribution in [2.45, 2.75) is 60.3 Å². The van der Waals surface area contributed by atoms with E-state index in [1.54, 1.807) is 13.0 Å². The lowest BCUT2D eigenvalue weighted by molar-refractivity contribution is -0.145. The number of aryl methyl sites for hydroxylation is 4. The maximum Gasteiger partial charge on any atom is 0.315 e. The summed E-state index contributed by atoms with van der Waals surface area (Å²) in [6.07, 6.45) is 3.03. The van der Waals surface area contributed by atoms with E-state index < -0.39 is 0 Å². The second kappa shape index (κ2) is 9.62. The Hall–Kier alpha value is -3.13. The van der Waals surface area contributed by atoms with Gasteiger partial charge in [0.15, 0.2) is 5.13 Å². The topological polar surface area (TPSA) is 90.7 Å². The van der Waals surface area contributed by atoms with Gasteiger partial charge in [-0.05, 0) is 71.6 Å². The van der Waals surface area contributed by atoms with E-state index >= 15 is 0 Å². The number of esters is 1. The lowest BCUT2D eigenvalue weighted by Crippen LogP contribution is -2.14. The largest absolute Gasteiger partial charge is 0.493 e. The number of hydrogen-bond donors (Lipinski definition) is 1. The molecule has 0 aliphatic heterocycles. The summed E-state index contributed by atoms with van der Waals surface area (Å²) >= 11 is 1.42. The number of ether oxygens (including phenoxy) is 2. The molecular weight excluding hydrogens is 452 g/mol. The number of amides is 1. The Morgan fingerprint density at radius 3 is 2.71 bits per heavy atom. The van der Waals surface area contributed by atoms with Crippen LogP contribution >= 0.6 is 11.3 Å². The third kappa shape index (κ3) is 4.34. The van der Waals surface area contributed by atoms with Crippen LogP contribution in [-0.2, 0) is 20.7 Å². The molecule has 1 atom stereocenters. The molecule has 1 aliphatic carbocycles. The van der Waals surface area contributed by atoms with Crippen LogP contribution < -0.4 is 10.1 Å². The molecule has 8 heteroatoms. The number of allylic oxidation sites excluding steroid dienone is 1. The van der Waals surface area contributed by atoms with Gasteiger partial charge in [-0.25, -0.2) is 4.98 Å². The SMILES string of the molecule is CCOC(=O)C1CCc2sc(NC(=O)/C=C(\C)c3cc4c(C)c(C)oc4c(C)c3OCC)nc21. The molecule has 1 aliphatic rings. The van der Waals surface area contributed by atoms with Gasteiger partial charge in [-0.3, -0.25) is 14.9 Å². The molecule has 1 unspecified atom stereocenters. The van der Waals surface area contributed by atoms with Crippen molar-refractivity contribution in [3.63, 3.8) is 0 Å². The van der Waals surface area contributed by atoms with E-state index in [1.807, 2.05) is 40.7 Å². The Morgan fingerprint density at radius 1 is 1.24 bits per heavy atom. The molecule has 1 N–H and O–H groups in total. The molecule has 34 heavy (non-hydrogen) atoms. The lowest BCUT2D eigenvalue weighted by Gasteiger charge is -2.14. The van der Waals surface area contributed by atoms with Crippen LogP contribution in [0.4, 0.5) is 5.13 Å². The molecule has 180 valence electrons. The minimum Gasteiger partial charge on any atom is -0.493 e. The van der Waals surface area contributed by atoms with Crippen molar-refractivity contribution in [2.75, 3.05) is 18.5 Å². The highest BCUT2D eigenvalue weighted by molar-refractivity contribution is 7.16. The first-order chi connectivity index (χ1) is 16.2. The van der Waals surface area contributed by atoms with Gasteiger partial charge in [0.2, 0.25) is 5.91 Å². The van der Waals surface area contributed by atoms with Gasteiger partial charge in [0, 0.05) is 27.5 Å². The molecule has 0 fully saturated rings. The quantitative estimate of drug-likeness (QED) is 0.336. The van der Waals surface area contributed by atoms with Gasteiger partial charge in [0.1, 0.15) is 23.0 Å². The van der Waals surface area contributed by atoms with Gasteiger partial charge in [0.25, 0.3) is 0 Å². The first-order valence-electron chi connectivity index (χ1n) is 11.6. The Kier molecular flexibility index (Phi) is 6.79. The highest BCUT2D eigenvalue weighted by Gasteiger charge is 2.33. The molecule has 0 bridgehead atoms. The van der Waals surface area contributed by atoms with E-state index in [-0.39, 0.29) is 17.8 Å². The van der Waals surface area contributed by atoms with Crippen LogP contribution in [0.2, 0.25) is 0 Å². The Morgan fingerprint density at radius 2 is 2.00 bits per heavy atom. The Bertz CT molecular complexity index is 1300. The zero-order chi connectivity index (χ0) is 24.6. The smallest absolute Gasteiger partial charge is 0.315 e. The summed E-state index contributed by atoms with van der Waals surface area (Å²) in [6.45, 7) is 12.4. The standard InChI is InChI=1S/C26H30N2O5S/c1-7-31-23-15(5)24-19(14(4)16(6)33-24)12-18(23)13(3)11-21(29)27-26-28-22-17(25(30)32-8-2)9-10-20(22)34-26/h11-12,17H,7-10H2,1-6H3,(H,27,28,29)/b13-11+. The molecule has 0 saturated carbocycles. The molecule has 1 amide bonds. The van der Waals surface area contributed by atoms with Gasteiger partial charge in [0.05, 0.1) is 18.9 Å². The number of aromatic nitrogens is 1. The Labute approximate surface area is 203 Å². The summed E-state index contributed by atoms with van der Waals surface area (Å²) in [7, 11) is 0. The number of nitrogens with zero attached hydrogens (tertiary/aromatic N) is 1. The van der Waals surface area contributed by atoms with Crippen LogP contribution in [-0.4, -0.2) is 30.1 Å². The minimum atomic E-state index is -0.348. The summed E-state index contributed by atoms with van der Waals surface area (Å²) in [5.74, 6) is 0.710. The van der Waals surface area contributed by atoms with Crippen molar-refractivity contribution < 1.29 is 23.5 Å². The number of anilines is 1. The van der Waals surface area contributed by atoms with E-state index in [9.17, 15) is 9.59 Å². The van der Waals surface area contributed by atoms with Crippen molar-refractivity contribution in [1.29, 1.82) is 0 Å². The molecule has 0 radical (unpaired) electrons. The van der Waals surface area contributed by atoms with E-state index in [2.05, 4.69) is 10.3 Å². The van der Waals surface area contributed by atoms with Crippen molar-refractivity contribution >= 4 is 44.9 Å². The second-order valence-electron chi connectivity index (χ2n) is 8.46. The average molecular weight is 483 g/mol. The normalized spacial score (nSPS) is 15.5. The number of thiazole rings is 1. The van der Waals surface area contributed by atoms with Crippen LogP contribution in [0.3, 0.4) is 0 Å². The number of furan rings is 1. The molecule has 3 aromatic rings. The molecule has 0 spiro atoms. The summed E-state index contributed by atoms with van der Waals surface area (Å²) < 4.78 is 17.1. The van der Waals surface area contributed by atoms with E-state index in [1.165, 1.54) is 11.3 Å². The summed E-state index contributed by atoms with van der Waals surface area (Å²) in [5, 5.41) is 4.37. The molecule has 1 aromatic carbocycles. The fourth-order valence-electron chi connectivity index (χ4n) is 4.40. The van der Waals surface area contributed by atoms with E-state index in [4.69, 9.17) is 13.9 Å².